The number of rotatable bonds is 10. The Balaban J connectivity index is 1.80. The number of aliphatic hydroxyl groups is 3. The number of hydrogen-bond acceptors (Lipinski definition) is 9. The minimum Gasteiger partial charge on any atom is -0.544 e. The molecule has 5 N–H and O–H groups in total. The summed E-state index contributed by atoms with van der Waals surface area (Å²) in [6.45, 7) is 0.202. The number of carbonyl (C=O) groups excluding carboxylic acids is 3. The van der Waals surface area contributed by atoms with Gasteiger partial charge >= 0.3 is 0 Å². The fourth-order valence-corrected chi connectivity index (χ4v) is 4.54. The summed E-state index contributed by atoms with van der Waals surface area (Å²) in [4.78, 5) is 36.4. The first-order chi connectivity index (χ1) is 18.3. The number of benzene rings is 2. The fourth-order valence-electron chi connectivity index (χ4n) is 4.04. The Labute approximate surface area is 238 Å². The Bertz CT molecular complexity index is 1200. The molecule has 2 aromatic rings. The molecule has 0 aliphatic carbocycles. The van der Waals surface area contributed by atoms with Crippen molar-refractivity contribution in [1.82, 2.24) is 10.6 Å². The van der Waals surface area contributed by atoms with Gasteiger partial charge in [-0.2, -0.15) is 0 Å². The van der Waals surface area contributed by atoms with E-state index in [0.29, 0.717) is 10.6 Å². The lowest BCUT2D eigenvalue weighted by Gasteiger charge is -2.49. The predicted molar refractivity (Wildman–Crippen MR) is 138 cm³/mol. The first-order valence-corrected chi connectivity index (χ1v) is 12.8. The molecule has 1 aliphatic rings. The number of carbonyl (C=O) groups is 3. The second-order valence-corrected chi connectivity index (χ2v) is 10.1. The molecular weight excluding hydrogens is 579 g/mol. The maximum Gasteiger partial charge on any atom is 0.251 e. The molecule has 1 saturated heterocycles. The quantitative estimate of drug-likeness (QED) is 0.257. The van der Waals surface area contributed by atoms with Crippen molar-refractivity contribution in [2.24, 2.45) is 0 Å². The van der Waals surface area contributed by atoms with Crippen LogP contribution in [0.25, 0.3) is 0 Å². The summed E-state index contributed by atoms with van der Waals surface area (Å²) in [6, 6.07) is 9.13. The molecule has 2 amide bonds. The van der Waals surface area contributed by atoms with Crippen LogP contribution in [0.15, 0.2) is 42.5 Å². The molecule has 0 bridgehead atoms. The summed E-state index contributed by atoms with van der Waals surface area (Å²) >= 11 is 18.0. The van der Waals surface area contributed by atoms with Crippen molar-refractivity contribution in [3.63, 3.8) is 0 Å². The van der Waals surface area contributed by atoms with Crippen LogP contribution < -0.4 is 15.7 Å². The highest BCUT2D eigenvalue weighted by atomic mass is 35.5. The zero-order chi connectivity index (χ0) is 28.9. The van der Waals surface area contributed by atoms with Gasteiger partial charge in [-0.15, -0.1) is 0 Å². The van der Waals surface area contributed by atoms with Crippen LogP contribution in [-0.4, -0.2) is 75.9 Å². The highest BCUT2D eigenvalue weighted by Crippen LogP contribution is 2.35. The molecule has 0 saturated carbocycles. The SMILES string of the molecule is CC(=O)N[C@H]1[C@H]([C@H](O)[C@@H](O)CNC(=O)c2ccc(Cl)cc2)O[C@](OCc2cccc(Cl)c2Cl)(C(=O)[O-])C[C@@H]1O. The van der Waals surface area contributed by atoms with E-state index in [0.717, 1.165) is 6.92 Å². The molecule has 0 spiro atoms. The number of aliphatic carboxylic acids is 1. The molecular formula is C25H26Cl3N2O9-. The Morgan fingerprint density at radius 1 is 1.15 bits per heavy atom. The van der Waals surface area contributed by atoms with Crippen LogP contribution in [0.3, 0.4) is 0 Å². The maximum absolute atomic E-state index is 12.4. The van der Waals surface area contributed by atoms with E-state index in [9.17, 15) is 34.8 Å². The van der Waals surface area contributed by atoms with Crippen LogP contribution in [0.2, 0.25) is 15.1 Å². The molecule has 212 valence electrons. The van der Waals surface area contributed by atoms with Crippen molar-refractivity contribution in [2.75, 3.05) is 6.54 Å². The van der Waals surface area contributed by atoms with Crippen LogP contribution in [-0.2, 0) is 25.7 Å². The fraction of sp³-hybridized carbons (Fsp3) is 0.400. The average Bonchev–Trinajstić information content (AvgIpc) is 2.88. The molecule has 0 aromatic heterocycles. The predicted octanol–water partition coefficient (Wildman–Crippen LogP) is 0.416. The van der Waals surface area contributed by atoms with Gasteiger partial charge in [0.05, 0.1) is 34.9 Å². The van der Waals surface area contributed by atoms with Crippen LogP contribution >= 0.6 is 34.8 Å². The summed E-state index contributed by atoms with van der Waals surface area (Å²) in [5.41, 5.74) is 0.527. The largest absolute Gasteiger partial charge is 0.544 e. The van der Waals surface area contributed by atoms with E-state index in [4.69, 9.17) is 44.3 Å². The Morgan fingerprint density at radius 3 is 2.44 bits per heavy atom. The molecule has 0 unspecified atom stereocenters. The monoisotopic (exact) mass is 603 g/mol. The van der Waals surface area contributed by atoms with Gasteiger partial charge in [-0.25, -0.2) is 0 Å². The third-order valence-corrected chi connectivity index (χ3v) is 7.17. The van der Waals surface area contributed by atoms with Crippen molar-refractivity contribution in [3.8, 4) is 0 Å². The molecule has 3 rings (SSSR count). The van der Waals surface area contributed by atoms with E-state index in [-0.39, 0.29) is 15.6 Å². The molecule has 1 fully saturated rings. The van der Waals surface area contributed by atoms with Gasteiger partial charge in [0, 0.05) is 30.5 Å². The van der Waals surface area contributed by atoms with Crippen molar-refractivity contribution >= 4 is 52.6 Å². The smallest absolute Gasteiger partial charge is 0.251 e. The standard InChI is InChI=1S/C25H27Cl3N2O9/c1-12(31)30-20-17(32)9-25(24(36)37,38-11-14-3-2-4-16(27)19(14)28)39-22(20)21(34)18(33)10-29-23(35)13-5-7-15(26)8-6-13/h2-8,17-18,20-22,32-34H,9-11H2,1H3,(H,29,35)(H,30,31)(H,36,37)/p-1/t17-,18-,20+,21+,22+,25-/m0/s1. The minimum atomic E-state index is -2.61. The molecule has 1 aliphatic heterocycles. The van der Waals surface area contributed by atoms with E-state index in [1.165, 1.54) is 36.4 Å². The van der Waals surface area contributed by atoms with Crippen LogP contribution in [0.4, 0.5) is 0 Å². The van der Waals surface area contributed by atoms with Gasteiger partial charge in [0.15, 0.2) is 0 Å². The van der Waals surface area contributed by atoms with Gasteiger partial charge in [-0.05, 0) is 35.9 Å². The second kappa shape index (κ2) is 13.2. The molecule has 1 heterocycles. The Morgan fingerprint density at radius 2 is 1.82 bits per heavy atom. The van der Waals surface area contributed by atoms with Crippen LogP contribution in [0, 0.1) is 0 Å². The number of carboxylic acids is 1. The second-order valence-electron chi connectivity index (χ2n) is 8.90. The molecule has 6 atom stereocenters. The number of amides is 2. The van der Waals surface area contributed by atoms with Gasteiger partial charge in [0.2, 0.25) is 11.7 Å². The lowest BCUT2D eigenvalue weighted by Crippen LogP contribution is -2.69. The number of halogens is 3. The molecule has 14 heteroatoms. The van der Waals surface area contributed by atoms with E-state index >= 15 is 0 Å². The lowest BCUT2D eigenvalue weighted by atomic mass is 9.88. The number of aliphatic hydroxyl groups excluding tert-OH is 3. The van der Waals surface area contributed by atoms with Crippen LogP contribution in [0.1, 0.15) is 29.3 Å². The highest BCUT2D eigenvalue weighted by molar-refractivity contribution is 6.42. The maximum atomic E-state index is 12.4. The minimum absolute atomic E-state index is 0.101. The first-order valence-electron chi connectivity index (χ1n) is 11.7. The summed E-state index contributed by atoms with van der Waals surface area (Å²) in [6.07, 6.45) is -7.68. The van der Waals surface area contributed by atoms with Gasteiger partial charge in [-0.1, -0.05) is 46.9 Å². The highest BCUT2D eigenvalue weighted by Gasteiger charge is 2.52. The first kappa shape index (κ1) is 31.1. The van der Waals surface area contributed by atoms with Gasteiger partial charge < -0.3 is 45.3 Å². The van der Waals surface area contributed by atoms with E-state index in [1.807, 2.05) is 0 Å². The van der Waals surface area contributed by atoms with Crippen LogP contribution in [0.5, 0.6) is 0 Å². The Hall–Kier alpha value is -2.48. The van der Waals surface area contributed by atoms with Crippen molar-refractivity contribution < 1.29 is 44.3 Å². The van der Waals surface area contributed by atoms with E-state index in [2.05, 4.69) is 10.6 Å². The Kier molecular flexibility index (Phi) is 10.5. The van der Waals surface area contributed by atoms with Crippen molar-refractivity contribution in [2.45, 2.75) is 56.2 Å². The third kappa shape index (κ3) is 7.59. The summed E-state index contributed by atoms with van der Waals surface area (Å²) in [7, 11) is 0. The summed E-state index contributed by atoms with van der Waals surface area (Å²) < 4.78 is 11.2. The number of carboxylic acid groups (broad SMARTS) is 1. The zero-order valence-corrected chi connectivity index (χ0v) is 22.7. The van der Waals surface area contributed by atoms with Gasteiger partial charge in [-0.3, -0.25) is 9.59 Å². The van der Waals surface area contributed by atoms with Gasteiger partial charge in [0.25, 0.3) is 5.91 Å². The van der Waals surface area contributed by atoms with Gasteiger partial charge in [0.1, 0.15) is 18.2 Å². The third-order valence-electron chi connectivity index (χ3n) is 6.06. The summed E-state index contributed by atoms with van der Waals surface area (Å²) in [5, 5.41) is 50.1. The number of hydrogen-bond donors (Lipinski definition) is 5. The normalized spacial score (nSPS) is 24.4. The number of nitrogens with one attached hydrogen (secondary N) is 2. The summed E-state index contributed by atoms with van der Waals surface area (Å²) in [5.74, 6) is -5.72. The molecule has 39 heavy (non-hydrogen) atoms. The number of ether oxygens (including phenoxy) is 2. The molecule has 2 aromatic carbocycles. The zero-order valence-electron chi connectivity index (χ0n) is 20.5. The van der Waals surface area contributed by atoms with Crippen molar-refractivity contribution in [3.05, 3.63) is 68.7 Å². The van der Waals surface area contributed by atoms with Crippen molar-refractivity contribution in [1.29, 1.82) is 0 Å². The lowest BCUT2D eigenvalue weighted by molar-refractivity contribution is -0.383. The molecule has 0 radical (unpaired) electrons. The van der Waals surface area contributed by atoms with E-state index in [1.54, 1.807) is 6.07 Å². The van der Waals surface area contributed by atoms with E-state index < -0.39 is 73.6 Å². The topological polar surface area (TPSA) is 177 Å². The molecule has 11 nitrogen and oxygen atoms in total. The average molecular weight is 605 g/mol.